The smallest absolute Gasteiger partial charge is 0.0480 e. The predicted molar refractivity (Wildman–Crippen MR) is 72.2 cm³/mol. The van der Waals surface area contributed by atoms with Gasteiger partial charge in [-0.3, -0.25) is 0 Å². The number of aryl methyl sites for hydroxylation is 1. The first-order chi connectivity index (χ1) is 8.33. The summed E-state index contributed by atoms with van der Waals surface area (Å²) in [5.74, 6) is 0.821. The molecule has 1 saturated heterocycles. The van der Waals surface area contributed by atoms with E-state index in [0.29, 0.717) is 0 Å². The van der Waals surface area contributed by atoms with Crippen molar-refractivity contribution in [3.8, 4) is 0 Å². The van der Waals surface area contributed by atoms with E-state index >= 15 is 0 Å². The van der Waals surface area contributed by atoms with Gasteiger partial charge in [-0.1, -0.05) is 12.1 Å². The first-order valence-electron chi connectivity index (χ1n) is 6.57. The van der Waals surface area contributed by atoms with Gasteiger partial charge in [-0.15, -0.1) is 0 Å². The monoisotopic (exact) mass is 228 g/mol. The van der Waals surface area contributed by atoms with Gasteiger partial charge < -0.3 is 9.88 Å². The highest BCUT2D eigenvalue weighted by atomic mass is 14.9. The van der Waals surface area contributed by atoms with Crippen LogP contribution in [0.5, 0.6) is 0 Å². The van der Waals surface area contributed by atoms with Gasteiger partial charge in [-0.2, -0.15) is 0 Å². The summed E-state index contributed by atoms with van der Waals surface area (Å²) in [5.41, 5.74) is 2.83. The summed E-state index contributed by atoms with van der Waals surface area (Å²) >= 11 is 0. The fourth-order valence-electron chi connectivity index (χ4n) is 2.87. The number of hydrogen-bond acceptors (Lipinski definition) is 1. The highest BCUT2D eigenvalue weighted by Gasteiger charge is 2.13. The Morgan fingerprint density at radius 1 is 1.35 bits per heavy atom. The summed E-state index contributed by atoms with van der Waals surface area (Å²) < 4.78 is 2.21. The molecule has 0 bridgehead atoms. The normalized spacial score (nSPS) is 20.9. The van der Waals surface area contributed by atoms with E-state index in [2.05, 4.69) is 47.4 Å². The van der Waals surface area contributed by atoms with Gasteiger partial charge in [0, 0.05) is 18.8 Å². The lowest BCUT2D eigenvalue weighted by Crippen LogP contribution is -2.30. The third-order valence-electron chi connectivity index (χ3n) is 3.88. The Hall–Kier alpha value is -1.28. The quantitative estimate of drug-likeness (QED) is 0.836. The van der Waals surface area contributed by atoms with Crippen molar-refractivity contribution in [2.24, 2.45) is 13.0 Å². The maximum absolute atomic E-state index is 3.49. The van der Waals surface area contributed by atoms with Crippen LogP contribution < -0.4 is 5.32 Å². The highest BCUT2D eigenvalue weighted by molar-refractivity contribution is 5.80. The lowest BCUT2D eigenvalue weighted by Gasteiger charge is -2.22. The number of rotatable bonds is 2. The number of fused-ring (bicyclic) bond motifs is 1. The molecule has 1 atom stereocenters. The number of aromatic nitrogens is 1. The molecule has 1 aliphatic rings. The van der Waals surface area contributed by atoms with Crippen LogP contribution in [0.25, 0.3) is 10.9 Å². The van der Waals surface area contributed by atoms with Crippen molar-refractivity contribution in [2.75, 3.05) is 13.1 Å². The molecular formula is C15H20N2. The second-order valence-electron chi connectivity index (χ2n) is 5.24. The van der Waals surface area contributed by atoms with Gasteiger partial charge in [0.15, 0.2) is 0 Å². The van der Waals surface area contributed by atoms with Crippen molar-refractivity contribution in [1.82, 2.24) is 9.88 Å². The summed E-state index contributed by atoms with van der Waals surface area (Å²) in [7, 11) is 2.12. The first-order valence-corrected chi connectivity index (χ1v) is 6.57. The van der Waals surface area contributed by atoms with Crippen molar-refractivity contribution in [2.45, 2.75) is 19.3 Å². The summed E-state index contributed by atoms with van der Waals surface area (Å²) in [5, 5.41) is 4.84. The molecule has 0 saturated carbocycles. The molecule has 0 radical (unpaired) electrons. The highest BCUT2D eigenvalue weighted by Crippen LogP contribution is 2.21. The Kier molecular flexibility index (Phi) is 2.89. The molecule has 90 valence electrons. The Balaban J connectivity index is 1.82. The van der Waals surface area contributed by atoms with Crippen LogP contribution in [0.1, 0.15) is 18.4 Å². The molecule has 1 unspecified atom stereocenters. The van der Waals surface area contributed by atoms with E-state index < -0.39 is 0 Å². The van der Waals surface area contributed by atoms with Gasteiger partial charge in [0.1, 0.15) is 0 Å². The molecule has 2 nitrogen and oxygen atoms in total. The van der Waals surface area contributed by atoms with Crippen molar-refractivity contribution in [1.29, 1.82) is 0 Å². The van der Waals surface area contributed by atoms with Gasteiger partial charge in [-0.25, -0.2) is 0 Å². The number of hydrogen-bond donors (Lipinski definition) is 1. The lowest BCUT2D eigenvalue weighted by atomic mass is 9.92. The molecule has 17 heavy (non-hydrogen) atoms. The van der Waals surface area contributed by atoms with Crippen molar-refractivity contribution < 1.29 is 0 Å². The molecule has 0 spiro atoms. The van der Waals surface area contributed by atoms with Crippen LogP contribution in [0.4, 0.5) is 0 Å². The maximum atomic E-state index is 3.49. The fourth-order valence-corrected chi connectivity index (χ4v) is 2.87. The molecule has 1 N–H and O–H groups in total. The second kappa shape index (κ2) is 4.53. The third kappa shape index (κ3) is 2.22. The Morgan fingerprint density at radius 3 is 3.12 bits per heavy atom. The molecule has 0 amide bonds. The van der Waals surface area contributed by atoms with E-state index in [1.807, 2.05) is 0 Å². The Morgan fingerprint density at radius 2 is 2.29 bits per heavy atom. The van der Waals surface area contributed by atoms with Crippen molar-refractivity contribution >= 4 is 10.9 Å². The Labute approximate surface area is 103 Å². The molecule has 0 aliphatic carbocycles. The van der Waals surface area contributed by atoms with Crippen LogP contribution in [0.3, 0.4) is 0 Å². The fraction of sp³-hybridized carbons (Fsp3) is 0.467. The zero-order valence-electron chi connectivity index (χ0n) is 10.4. The molecule has 1 aromatic heterocycles. The average Bonchev–Trinajstić information content (AvgIpc) is 2.73. The standard InChI is InChI=1S/C15H20N2/c1-17-8-6-14-5-4-12(10-15(14)17)9-13-3-2-7-16-11-13/h4-6,8,10,13,16H,2-3,7,9,11H2,1H3. The Bertz CT molecular complexity index is 507. The van der Waals surface area contributed by atoms with Gasteiger partial charge in [0.05, 0.1) is 0 Å². The largest absolute Gasteiger partial charge is 0.351 e. The number of nitrogens with zero attached hydrogens (tertiary/aromatic N) is 1. The van der Waals surface area contributed by atoms with Crippen LogP contribution in [0, 0.1) is 5.92 Å². The SMILES string of the molecule is Cn1ccc2ccc(CC3CCCNC3)cc21. The van der Waals surface area contributed by atoms with Crippen LogP contribution in [0.15, 0.2) is 30.5 Å². The summed E-state index contributed by atoms with van der Waals surface area (Å²) in [6, 6.07) is 9.07. The van der Waals surface area contributed by atoms with E-state index in [1.165, 1.54) is 48.8 Å². The summed E-state index contributed by atoms with van der Waals surface area (Å²) in [6.07, 6.45) is 6.06. The number of benzene rings is 1. The van der Waals surface area contributed by atoms with E-state index in [0.717, 1.165) is 5.92 Å². The summed E-state index contributed by atoms with van der Waals surface area (Å²) in [6.45, 7) is 2.39. The zero-order chi connectivity index (χ0) is 11.7. The molecule has 1 aliphatic heterocycles. The molecule has 2 heterocycles. The molecule has 3 rings (SSSR count). The van der Waals surface area contributed by atoms with Crippen molar-refractivity contribution in [3.63, 3.8) is 0 Å². The average molecular weight is 228 g/mol. The molecular weight excluding hydrogens is 208 g/mol. The molecule has 2 aromatic rings. The van der Waals surface area contributed by atoms with Crippen LogP contribution in [0.2, 0.25) is 0 Å². The topological polar surface area (TPSA) is 17.0 Å². The third-order valence-corrected chi connectivity index (χ3v) is 3.88. The van der Waals surface area contributed by atoms with Gasteiger partial charge in [0.25, 0.3) is 0 Å². The minimum absolute atomic E-state index is 0.821. The van der Waals surface area contributed by atoms with Crippen molar-refractivity contribution in [3.05, 3.63) is 36.0 Å². The van der Waals surface area contributed by atoms with Gasteiger partial charge in [-0.05, 0) is 61.4 Å². The molecule has 2 heteroatoms. The van der Waals surface area contributed by atoms with Gasteiger partial charge in [0.2, 0.25) is 0 Å². The van der Waals surface area contributed by atoms with E-state index in [4.69, 9.17) is 0 Å². The minimum atomic E-state index is 0.821. The lowest BCUT2D eigenvalue weighted by molar-refractivity contribution is 0.376. The molecule has 1 aromatic carbocycles. The van der Waals surface area contributed by atoms with E-state index in [9.17, 15) is 0 Å². The van der Waals surface area contributed by atoms with Crippen LogP contribution >= 0.6 is 0 Å². The minimum Gasteiger partial charge on any atom is -0.351 e. The zero-order valence-corrected chi connectivity index (χ0v) is 10.4. The first kappa shape index (κ1) is 10.8. The van der Waals surface area contributed by atoms with Crippen LogP contribution in [-0.2, 0) is 13.5 Å². The predicted octanol–water partition coefficient (Wildman–Crippen LogP) is 2.72. The van der Waals surface area contributed by atoms with E-state index in [-0.39, 0.29) is 0 Å². The summed E-state index contributed by atoms with van der Waals surface area (Å²) in [4.78, 5) is 0. The molecule has 1 fully saturated rings. The number of piperidine rings is 1. The number of nitrogens with one attached hydrogen (secondary N) is 1. The van der Waals surface area contributed by atoms with Crippen LogP contribution in [-0.4, -0.2) is 17.7 Å². The second-order valence-corrected chi connectivity index (χ2v) is 5.24. The maximum Gasteiger partial charge on any atom is 0.0480 e. The van der Waals surface area contributed by atoms with E-state index in [1.54, 1.807) is 0 Å². The van der Waals surface area contributed by atoms with Gasteiger partial charge >= 0.3 is 0 Å².